The summed E-state index contributed by atoms with van der Waals surface area (Å²) in [6.45, 7) is 0. The van der Waals surface area contributed by atoms with Gasteiger partial charge in [0.25, 0.3) is 0 Å². The van der Waals surface area contributed by atoms with Crippen molar-refractivity contribution in [1.29, 1.82) is 0 Å². The van der Waals surface area contributed by atoms with Gasteiger partial charge < -0.3 is 5.11 Å². The van der Waals surface area contributed by atoms with Gasteiger partial charge in [0.2, 0.25) is 5.95 Å². The Hall–Kier alpha value is -4.06. The number of aromatic nitrogens is 2. The van der Waals surface area contributed by atoms with Crippen molar-refractivity contribution >= 4 is 12.2 Å². The minimum Gasteiger partial charge on any atom is -0.507 e. The first kappa shape index (κ1) is 18.3. The van der Waals surface area contributed by atoms with E-state index >= 15 is 0 Å². The maximum Gasteiger partial charge on any atom is 0.244 e. The third-order valence-corrected chi connectivity index (χ3v) is 4.22. The first-order valence-electron chi connectivity index (χ1n) is 8.96. The average molecular weight is 384 g/mol. The molecule has 0 saturated carbocycles. The number of benzene rings is 3. The zero-order valence-corrected chi connectivity index (χ0v) is 15.3. The molecule has 0 aliphatic carbocycles. The molecule has 2 N–H and O–H groups in total. The van der Waals surface area contributed by atoms with Crippen LogP contribution in [-0.2, 0) is 0 Å². The van der Waals surface area contributed by atoms with E-state index in [4.69, 9.17) is 0 Å². The standard InChI is InChI=1S/C23H17FN4O/c24-18-12-10-16(11-13-18)15-25-28-23-26-20(17-6-2-1-3-7-17)14-21(27-23)19-8-4-5-9-22(19)29/h1-15,29H,(H,26,27,28)/b25-15-. The molecule has 0 saturated heterocycles. The topological polar surface area (TPSA) is 70.4 Å². The number of aromatic hydroxyl groups is 1. The normalized spacial score (nSPS) is 10.9. The van der Waals surface area contributed by atoms with Crippen LogP contribution in [0, 0.1) is 5.82 Å². The number of phenols is 1. The fourth-order valence-corrected chi connectivity index (χ4v) is 2.80. The molecule has 3 aromatic carbocycles. The summed E-state index contributed by atoms with van der Waals surface area (Å²) < 4.78 is 13.0. The molecule has 142 valence electrons. The lowest BCUT2D eigenvalue weighted by Crippen LogP contribution is -2.00. The minimum atomic E-state index is -0.304. The van der Waals surface area contributed by atoms with Crippen LogP contribution < -0.4 is 5.43 Å². The summed E-state index contributed by atoms with van der Waals surface area (Å²) in [7, 11) is 0. The predicted octanol–water partition coefficient (Wildman–Crippen LogP) is 5.10. The molecule has 29 heavy (non-hydrogen) atoms. The summed E-state index contributed by atoms with van der Waals surface area (Å²) in [6.07, 6.45) is 1.55. The zero-order valence-electron chi connectivity index (χ0n) is 15.3. The van der Waals surface area contributed by atoms with Gasteiger partial charge in [-0.2, -0.15) is 5.10 Å². The zero-order chi connectivity index (χ0) is 20.1. The minimum absolute atomic E-state index is 0.131. The number of hydrogen-bond acceptors (Lipinski definition) is 5. The van der Waals surface area contributed by atoms with Crippen molar-refractivity contribution in [2.24, 2.45) is 5.10 Å². The van der Waals surface area contributed by atoms with Gasteiger partial charge in [-0.15, -0.1) is 0 Å². The van der Waals surface area contributed by atoms with Crippen LogP contribution in [0.15, 0.2) is 90.0 Å². The maximum atomic E-state index is 13.0. The van der Waals surface area contributed by atoms with Crippen LogP contribution in [0.5, 0.6) is 5.75 Å². The molecule has 0 unspecified atom stereocenters. The van der Waals surface area contributed by atoms with Crippen molar-refractivity contribution in [1.82, 2.24) is 9.97 Å². The quantitative estimate of drug-likeness (QED) is 0.371. The van der Waals surface area contributed by atoms with E-state index in [0.717, 1.165) is 11.1 Å². The lowest BCUT2D eigenvalue weighted by Gasteiger charge is -2.09. The van der Waals surface area contributed by atoms with Crippen LogP contribution in [0.4, 0.5) is 10.3 Å². The molecule has 0 aliphatic heterocycles. The van der Waals surface area contributed by atoms with Crippen LogP contribution in [0.1, 0.15) is 5.56 Å². The number of phenolic OH excluding ortho intramolecular Hbond substituents is 1. The first-order valence-corrected chi connectivity index (χ1v) is 8.96. The molecule has 0 bridgehead atoms. The van der Waals surface area contributed by atoms with Gasteiger partial charge in [0.15, 0.2) is 0 Å². The van der Waals surface area contributed by atoms with Crippen molar-refractivity contribution in [2.45, 2.75) is 0 Å². The van der Waals surface area contributed by atoms with Gasteiger partial charge in [0.05, 0.1) is 17.6 Å². The van der Waals surface area contributed by atoms with Crippen LogP contribution in [-0.4, -0.2) is 21.3 Å². The Morgan fingerprint density at radius 2 is 1.52 bits per heavy atom. The van der Waals surface area contributed by atoms with E-state index in [-0.39, 0.29) is 17.5 Å². The number of anilines is 1. The Bertz CT molecular complexity index is 1150. The first-order chi connectivity index (χ1) is 14.2. The van der Waals surface area contributed by atoms with E-state index < -0.39 is 0 Å². The smallest absolute Gasteiger partial charge is 0.244 e. The number of nitrogens with zero attached hydrogens (tertiary/aromatic N) is 3. The second kappa shape index (κ2) is 8.31. The van der Waals surface area contributed by atoms with E-state index in [1.165, 1.54) is 12.1 Å². The molecular weight excluding hydrogens is 367 g/mol. The Kier molecular flexibility index (Phi) is 5.25. The van der Waals surface area contributed by atoms with Gasteiger partial charge >= 0.3 is 0 Å². The molecule has 0 atom stereocenters. The highest BCUT2D eigenvalue weighted by atomic mass is 19.1. The second-order valence-electron chi connectivity index (χ2n) is 6.27. The van der Waals surface area contributed by atoms with Gasteiger partial charge in [-0.3, -0.25) is 0 Å². The Morgan fingerprint density at radius 1 is 0.828 bits per heavy atom. The van der Waals surface area contributed by atoms with Crippen LogP contribution >= 0.6 is 0 Å². The van der Waals surface area contributed by atoms with E-state index in [0.29, 0.717) is 17.0 Å². The Balaban J connectivity index is 1.70. The summed E-state index contributed by atoms with van der Waals surface area (Å²) in [5.41, 5.74) is 6.32. The number of rotatable bonds is 5. The summed E-state index contributed by atoms with van der Waals surface area (Å²) in [4.78, 5) is 9.01. The second-order valence-corrected chi connectivity index (χ2v) is 6.27. The SMILES string of the molecule is Oc1ccccc1-c1cc(-c2ccccc2)nc(N/N=C\c2ccc(F)cc2)n1. The lowest BCUT2D eigenvalue weighted by atomic mass is 10.1. The molecule has 0 spiro atoms. The third-order valence-electron chi connectivity index (χ3n) is 4.22. The molecule has 4 rings (SSSR count). The molecule has 0 fully saturated rings. The molecule has 6 heteroatoms. The third kappa shape index (κ3) is 4.44. The highest BCUT2D eigenvalue weighted by Gasteiger charge is 2.11. The predicted molar refractivity (Wildman–Crippen MR) is 112 cm³/mol. The van der Waals surface area contributed by atoms with Gasteiger partial charge in [0, 0.05) is 11.1 Å². The van der Waals surface area contributed by atoms with E-state index in [1.807, 2.05) is 42.5 Å². The summed E-state index contributed by atoms with van der Waals surface area (Å²) in [5, 5.41) is 14.4. The van der Waals surface area contributed by atoms with Crippen LogP contribution in [0.3, 0.4) is 0 Å². The number of halogens is 1. The number of para-hydroxylation sites is 1. The molecule has 4 aromatic rings. The number of hydrogen-bond donors (Lipinski definition) is 2. The average Bonchev–Trinajstić information content (AvgIpc) is 2.76. The Labute approximate surface area is 167 Å². The van der Waals surface area contributed by atoms with Crippen LogP contribution in [0.25, 0.3) is 22.5 Å². The lowest BCUT2D eigenvalue weighted by molar-refractivity contribution is 0.477. The fourth-order valence-electron chi connectivity index (χ4n) is 2.80. The molecule has 1 heterocycles. The van der Waals surface area contributed by atoms with E-state index in [2.05, 4.69) is 20.5 Å². The van der Waals surface area contributed by atoms with Gasteiger partial charge in [-0.25, -0.2) is 19.8 Å². The molecule has 0 aliphatic rings. The summed E-state index contributed by atoms with van der Waals surface area (Å²) in [5.74, 6) is 0.107. The maximum absolute atomic E-state index is 13.0. The number of nitrogens with one attached hydrogen (secondary N) is 1. The van der Waals surface area contributed by atoms with Crippen molar-refractivity contribution < 1.29 is 9.50 Å². The molecule has 5 nitrogen and oxygen atoms in total. The van der Waals surface area contributed by atoms with Crippen molar-refractivity contribution in [2.75, 3.05) is 5.43 Å². The molecule has 0 radical (unpaired) electrons. The van der Waals surface area contributed by atoms with E-state index in [9.17, 15) is 9.50 Å². The molecule has 1 aromatic heterocycles. The number of hydrazone groups is 1. The monoisotopic (exact) mass is 384 g/mol. The van der Waals surface area contributed by atoms with E-state index in [1.54, 1.807) is 36.5 Å². The molecule has 0 amide bonds. The van der Waals surface area contributed by atoms with Crippen molar-refractivity contribution in [3.63, 3.8) is 0 Å². The Morgan fingerprint density at radius 3 is 2.28 bits per heavy atom. The highest BCUT2D eigenvalue weighted by molar-refractivity contribution is 5.80. The van der Waals surface area contributed by atoms with Crippen LogP contribution in [0.2, 0.25) is 0 Å². The molecular formula is C23H17FN4O. The van der Waals surface area contributed by atoms with Crippen molar-refractivity contribution in [3.8, 4) is 28.3 Å². The van der Waals surface area contributed by atoms with Gasteiger partial charge in [-0.1, -0.05) is 54.6 Å². The summed E-state index contributed by atoms with van der Waals surface area (Å²) >= 11 is 0. The van der Waals surface area contributed by atoms with Crippen molar-refractivity contribution in [3.05, 3.63) is 96.3 Å². The van der Waals surface area contributed by atoms with Gasteiger partial charge in [-0.05, 0) is 35.9 Å². The highest BCUT2D eigenvalue weighted by Crippen LogP contribution is 2.30. The fraction of sp³-hybridized carbons (Fsp3) is 0. The van der Waals surface area contributed by atoms with Gasteiger partial charge in [0.1, 0.15) is 11.6 Å². The summed E-state index contributed by atoms with van der Waals surface area (Å²) in [6, 6.07) is 24.5. The largest absolute Gasteiger partial charge is 0.507 e.